The molecule has 1 aliphatic carbocycles. The Balaban J connectivity index is 1.50. The van der Waals surface area contributed by atoms with Gasteiger partial charge < -0.3 is 15.2 Å². The number of aliphatic hydroxyl groups is 1. The molecule has 1 aromatic rings. The third-order valence-electron chi connectivity index (χ3n) is 5.26. The summed E-state index contributed by atoms with van der Waals surface area (Å²) in [6.45, 7) is 2.02. The van der Waals surface area contributed by atoms with Crippen LogP contribution in [0.2, 0.25) is 0 Å². The van der Waals surface area contributed by atoms with E-state index in [-0.39, 0.29) is 36.9 Å². The van der Waals surface area contributed by atoms with Gasteiger partial charge in [0, 0.05) is 25.4 Å². The Morgan fingerprint density at radius 1 is 1.22 bits per heavy atom. The number of aliphatic hydroxyl groups excluding tert-OH is 1. The predicted octanol–water partition coefficient (Wildman–Crippen LogP) is 1.57. The van der Waals surface area contributed by atoms with Crippen molar-refractivity contribution >= 4 is 10.0 Å². The Labute approximate surface area is 158 Å². The molecule has 0 spiro atoms. The highest BCUT2D eigenvalue weighted by molar-refractivity contribution is 7.89. The van der Waals surface area contributed by atoms with Gasteiger partial charge in [-0.25, -0.2) is 21.9 Å². The van der Waals surface area contributed by atoms with Gasteiger partial charge in [0.1, 0.15) is 0 Å². The first-order valence-corrected chi connectivity index (χ1v) is 10.6. The topological polar surface area (TPSA) is 87.7 Å². The van der Waals surface area contributed by atoms with Gasteiger partial charge in [-0.3, -0.25) is 0 Å². The first-order valence-electron chi connectivity index (χ1n) is 9.16. The van der Waals surface area contributed by atoms with E-state index >= 15 is 0 Å². The van der Waals surface area contributed by atoms with E-state index in [0.717, 1.165) is 5.56 Å². The van der Waals surface area contributed by atoms with Crippen LogP contribution in [-0.4, -0.2) is 56.9 Å². The normalized spacial score (nSPS) is 29.1. The molecule has 1 aromatic carbocycles. The zero-order valence-electron chi connectivity index (χ0n) is 15.2. The number of alkyl halides is 2. The number of nitrogens with one attached hydrogen (secondary N) is 2. The molecular formula is C18H26F2N2O4S. The molecule has 9 heteroatoms. The van der Waals surface area contributed by atoms with Gasteiger partial charge in [0.2, 0.25) is 15.9 Å². The van der Waals surface area contributed by atoms with Crippen molar-refractivity contribution in [2.24, 2.45) is 0 Å². The lowest BCUT2D eigenvalue weighted by Crippen LogP contribution is -2.49. The van der Waals surface area contributed by atoms with E-state index in [1.807, 2.05) is 6.92 Å². The molecular weight excluding hydrogens is 378 g/mol. The Kier molecular flexibility index (Phi) is 6.17. The minimum atomic E-state index is -3.69. The average Bonchev–Trinajstić information content (AvgIpc) is 2.95. The van der Waals surface area contributed by atoms with Crippen molar-refractivity contribution in [1.29, 1.82) is 0 Å². The number of benzene rings is 1. The fraction of sp³-hybridized carbons (Fsp3) is 0.667. The molecule has 0 amide bonds. The molecule has 0 aromatic heterocycles. The van der Waals surface area contributed by atoms with Crippen molar-refractivity contribution in [1.82, 2.24) is 10.0 Å². The van der Waals surface area contributed by atoms with Crippen LogP contribution in [0.3, 0.4) is 0 Å². The number of hydrogen-bond acceptors (Lipinski definition) is 5. The Bertz CT molecular complexity index is 732. The van der Waals surface area contributed by atoms with Gasteiger partial charge in [-0.05, 0) is 31.9 Å². The SMILES string of the molecule is Cc1ccc(S(=O)(=O)NCC2OCC(NC3CCC(F)(F)CC3)C2O)cc1. The van der Waals surface area contributed by atoms with E-state index in [0.29, 0.717) is 12.8 Å². The van der Waals surface area contributed by atoms with E-state index in [2.05, 4.69) is 10.0 Å². The maximum atomic E-state index is 13.2. The summed E-state index contributed by atoms with van der Waals surface area (Å²) < 4.78 is 59.1. The van der Waals surface area contributed by atoms with Crippen molar-refractivity contribution in [2.45, 2.75) is 67.7 Å². The highest BCUT2D eigenvalue weighted by Gasteiger charge is 2.40. The van der Waals surface area contributed by atoms with Gasteiger partial charge in [0.05, 0.1) is 29.8 Å². The highest BCUT2D eigenvalue weighted by Crippen LogP contribution is 2.33. The monoisotopic (exact) mass is 404 g/mol. The van der Waals surface area contributed by atoms with Crippen LogP contribution in [0.1, 0.15) is 31.2 Å². The van der Waals surface area contributed by atoms with Gasteiger partial charge in [-0.2, -0.15) is 0 Å². The van der Waals surface area contributed by atoms with Crippen LogP contribution < -0.4 is 10.0 Å². The van der Waals surface area contributed by atoms with Crippen LogP contribution in [0.15, 0.2) is 29.2 Å². The van der Waals surface area contributed by atoms with Gasteiger partial charge >= 0.3 is 0 Å². The summed E-state index contributed by atoms with van der Waals surface area (Å²) in [6.07, 6.45) is -1.22. The molecule has 3 atom stereocenters. The summed E-state index contributed by atoms with van der Waals surface area (Å²) in [4.78, 5) is 0.151. The molecule has 2 aliphatic rings. The van der Waals surface area contributed by atoms with E-state index in [1.165, 1.54) is 12.1 Å². The van der Waals surface area contributed by atoms with Crippen molar-refractivity contribution in [3.63, 3.8) is 0 Å². The van der Waals surface area contributed by atoms with Gasteiger partial charge in [0.15, 0.2) is 0 Å². The van der Waals surface area contributed by atoms with Crippen molar-refractivity contribution in [2.75, 3.05) is 13.2 Å². The third-order valence-corrected chi connectivity index (χ3v) is 6.70. The minimum Gasteiger partial charge on any atom is -0.389 e. The summed E-state index contributed by atoms with van der Waals surface area (Å²) in [7, 11) is -3.69. The molecule has 0 bridgehead atoms. The molecule has 1 saturated carbocycles. The summed E-state index contributed by atoms with van der Waals surface area (Å²) in [5, 5.41) is 13.6. The summed E-state index contributed by atoms with van der Waals surface area (Å²) in [6, 6.07) is 5.98. The van der Waals surface area contributed by atoms with Crippen LogP contribution >= 0.6 is 0 Å². The molecule has 1 heterocycles. The van der Waals surface area contributed by atoms with Gasteiger partial charge in [0.25, 0.3) is 0 Å². The van der Waals surface area contributed by atoms with Crippen molar-refractivity contribution < 1.29 is 27.0 Å². The van der Waals surface area contributed by atoms with Crippen LogP contribution in [0.5, 0.6) is 0 Å². The molecule has 1 saturated heterocycles. The largest absolute Gasteiger partial charge is 0.389 e. The quantitative estimate of drug-likeness (QED) is 0.670. The molecule has 3 rings (SSSR count). The van der Waals surface area contributed by atoms with E-state index < -0.39 is 34.2 Å². The minimum absolute atomic E-state index is 0.0572. The highest BCUT2D eigenvalue weighted by atomic mass is 32.2. The average molecular weight is 404 g/mol. The number of halogens is 2. The van der Waals surface area contributed by atoms with Crippen molar-refractivity contribution in [3.8, 4) is 0 Å². The third kappa shape index (κ3) is 5.23. The molecule has 2 fully saturated rings. The smallest absolute Gasteiger partial charge is 0.248 e. The number of ether oxygens (including phenoxy) is 1. The lowest BCUT2D eigenvalue weighted by Gasteiger charge is -2.31. The summed E-state index contributed by atoms with van der Waals surface area (Å²) in [5.74, 6) is -2.60. The molecule has 3 unspecified atom stereocenters. The molecule has 1 aliphatic heterocycles. The first-order chi connectivity index (χ1) is 12.7. The predicted molar refractivity (Wildman–Crippen MR) is 96.2 cm³/mol. The van der Waals surface area contributed by atoms with Gasteiger partial charge in [-0.15, -0.1) is 0 Å². The second-order valence-corrected chi connectivity index (χ2v) is 9.20. The lowest BCUT2D eigenvalue weighted by molar-refractivity contribution is -0.0421. The maximum Gasteiger partial charge on any atom is 0.248 e. The van der Waals surface area contributed by atoms with E-state index in [1.54, 1.807) is 12.1 Å². The molecule has 27 heavy (non-hydrogen) atoms. The Hall–Kier alpha value is -1.13. The number of rotatable bonds is 6. The van der Waals surface area contributed by atoms with Crippen LogP contribution in [0, 0.1) is 6.92 Å². The molecule has 3 N–H and O–H groups in total. The Morgan fingerprint density at radius 3 is 2.48 bits per heavy atom. The second-order valence-electron chi connectivity index (χ2n) is 7.43. The lowest BCUT2D eigenvalue weighted by atomic mass is 9.91. The van der Waals surface area contributed by atoms with E-state index in [9.17, 15) is 22.3 Å². The van der Waals surface area contributed by atoms with Crippen LogP contribution in [0.25, 0.3) is 0 Å². The number of aryl methyl sites for hydroxylation is 1. The standard InChI is InChI=1S/C18H26F2N2O4S/c1-12-2-4-14(5-3-12)27(24,25)21-10-16-17(23)15(11-26-16)22-13-6-8-18(19,20)9-7-13/h2-5,13,15-17,21-23H,6-11H2,1H3. The molecule has 152 valence electrons. The zero-order valence-corrected chi connectivity index (χ0v) is 16.0. The number of sulfonamides is 1. The fourth-order valence-electron chi connectivity index (χ4n) is 3.51. The summed E-state index contributed by atoms with van der Waals surface area (Å²) >= 11 is 0. The Morgan fingerprint density at radius 2 is 1.85 bits per heavy atom. The molecule has 0 radical (unpaired) electrons. The molecule has 6 nitrogen and oxygen atoms in total. The van der Waals surface area contributed by atoms with Gasteiger partial charge in [-0.1, -0.05) is 17.7 Å². The zero-order chi connectivity index (χ0) is 19.7. The number of hydrogen-bond donors (Lipinski definition) is 3. The maximum absolute atomic E-state index is 13.2. The fourth-order valence-corrected chi connectivity index (χ4v) is 4.56. The second kappa shape index (κ2) is 8.08. The first kappa shape index (κ1) is 20.6. The summed E-state index contributed by atoms with van der Waals surface area (Å²) in [5.41, 5.74) is 0.956. The van der Waals surface area contributed by atoms with E-state index in [4.69, 9.17) is 4.74 Å². The van der Waals surface area contributed by atoms with Crippen LogP contribution in [0.4, 0.5) is 8.78 Å². The van der Waals surface area contributed by atoms with Crippen LogP contribution in [-0.2, 0) is 14.8 Å². The van der Waals surface area contributed by atoms with Crippen molar-refractivity contribution in [3.05, 3.63) is 29.8 Å².